The minimum Gasteiger partial charge on any atom is -0.465 e. The molecule has 0 aliphatic heterocycles. The third-order valence-electron chi connectivity index (χ3n) is 2.40. The van der Waals surface area contributed by atoms with Gasteiger partial charge in [0.1, 0.15) is 11.7 Å². The number of nitro groups is 1. The highest BCUT2D eigenvalue weighted by molar-refractivity contribution is 5.75. The second-order valence-electron chi connectivity index (χ2n) is 3.67. The summed E-state index contributed by atoms with van der Waals surface area (Å²) in [6, 6.07) is 4.80. The standard InChI is InChI=1S/C12H11FN2O4/c1-2-19-12(16)9(7-14)5-8-3-4-10(15(17)18)6-11(8)13/h3-4,6,9H,2,5H2,1H3. The highest BCUT2D eigenvalue weighted by Crippen LogP contribution is 2.19. The molecule has 0 radical (unpaired) electrons. The molecule has 0 fully saturated rings. The van der Waals surface area contributed by atoms with Crippen LogP contribution in [-0.2, 0) is 16.0 Å². The van der Waals surface area contributed by atoms with Gasteiger partial charge in [-0.1, -0.05) is 0 Å². The Labute approximate surface area is 108 Å². The Morgan fingerprint density at radius 3 is 2.79 bits per heavy atom. The fourth-order valence-corrected chi connectivity index (χ4v) is 1.46. The molecule has 7 heteroatoms. The summed E-state index contributed by atoms with van der Waals surface area (Å²) in [6.07, 6.45) is -0.181. The van der Waals surface area contributed by atoms with Gasteiger partial charge < -0.3 is 4.74 Å². The first-order valence-corrected chi connectivity index (χ1v) is 5.48. The van der Waals surface area contributed by atoms with Crippen LogP contribution in [0.3, 0.4) is 0 Å². The molecule has 1 aromatic carbocycles. The normalized spacial score (nSPS) is 11.4. The molecule has 1 rings (SSSR count). The van der Waals surface area contributed by atoms with Crippen LogP contribution in [0.15, 0.2) is 18.2 Å². The number of rotatable bonds is 5. The summed E-state index contributed by atoms with van der Waals surface area (Å²) in [5, 5.41) is 19.3. The molecule has 1 atom stereocenters. The van der Waals surface area contributed by atoms with Gasteiger partial charge in [-0.15, -0.1) is 0 Å². The molecule has 0 N–H and O–H groups in total. The van der Waals surface area contributed by atoms with E-state index in [2.05, 4.69) is 4.74 Å². The Morgan fingerprint density at radius 1 is 1.63 bits per heavy atom. The molecule has 0 spiro atoms. The Hall–Kier alpha value is -2.49. The number of benzene rings is 1. The van der Waals surface area contributed by atoms with E-state index in [4.69, 9.17) is 5.26 Å². The lowest BCUT2D eigenvalue weighted by Crippen LogP contribution is -2.19. The number of carbonyl (C=O) groups is 1. The molecule has 1 aromatic rings. The zero-order chi connectivity index (χ0) is 14.4. The monoisotopic (exact) mass is 266 g/mol. The van der Waals surface area contributed by atoms with Gasteiger partial charge in [0.15, 0.2) is 0 Å². The Balaban J connectivity index is 2.90. The average molecular weight is 266 g/mol. The van der Waals surface area contributed by atoms with Gasteiger partial charge >= 0.3 is 5.97 Å². The molecule has 0 amide bonds. The van der Waals surface area contributed by atoms with Gasteiger partial charge in [-0.2, -0.15) is 5.26 Å². The van der Waals surface area contributed by atoms with Crippen molar-refractivity contribution >= 4 is 11.7 Å². The molecule has 100 valence electrons. The zero-order valence-electron chi connectivity index (χ0n) is 10.1. The fourth-order valence-electron chi connectivity index (χ4n) is 1.46. The number of hydrogen-bond acceptors (Lipinski definition) is 5. The van der Waals surface area contributed by atoms with Gasteiger partial charge in [0.2, 0.25) is 0 Å². The Morgan fingerprint density at radius 2 is 2.32 bits per heavy atom. The van der Waals surface area contributed by atoms with Crippen LogP contribution in [0.5, 0.6) is 0 Å². The summed E-state index contributed by atoms with van der Waals surface area (Å²) in [6.45, 7) is 1.72. The van der Waals surface area contributed by atoms with Crippen LogP contribution in [0.4, 0.5) is 10.1 Å². The average Bonchev–Trinajstić information content (AvgIpc) is 2.37. The Kier molecular flexibility index (Phi) is 4.94. The van der Waals surface area contributed by atoms with E-state index in [1.165, 1.54) is 6.07 Å². The molecular formula is C12H11FN2O4. The van der Waals surface area contributed by atoms with E-state index in [0.717, 1.165) is 12.1 Å². The molecule has 19 heavy (non-hydrogen) atoms. The van der Waals surface area contributed by atoms with Crippen molar-refractivity contribution in [3.05, 3.63) is 39.7 Å². The van der Waals surface area contributed by atoms with Gasteiger partial charge in [0.05, 0.1) is 23.7 Å². The van der Waals surface area contributed by atoms with E-state index in [9.17, 15) is 19.3 Å². The Bertz CT molecular complexity index is 539. The minimum atomic E-state index is -1.13. The molecule has 0 heterocycles. The quantitative estimate of drug-likeness (QED) is 0.461. The lowest BCUT2D eigenvalue weighted by molar-refractivity contribution is -0.385. The first-order chi connectivity index (χ1) is 8.99. The molecule has 0 aliphatic carbocycles. The van der Waals surface area contributed by atoms with Crippen LogP contribution < -0.4 is 0 Å². The van der Waals surface area contributed by atoms with Crippen molar-refractivity contribution in [1.29, 1.82) is 5.26 Å². The number of ether oxygens (including phenoxy) is 1. The van der Waals surface area contributed by atoms with Crippen molar-refractivity contribution in [1.82, 2.24) is 0 Å². The highest BCUT2D eigenvalue weighted by Gasteiger charge is 2.22. The lowest BCUT2D eigenvalue weighted by Gasteiger charge is -2.08. The van der Waals surface area contributed by atoms with E-state index >= 15 is 0 Å². The van der Waals surface area contributed by atoms with Crippen LogP contribution in [0, 0.1) is 33.2 Å². The van der Waals surface area contributed by atoms with Crippen LogP contribution >= 0.6 is 0 Å². The van der Waals surface area contributed by atoms with Crippen molar-refractivity contribution in [2.75, 3.05) is 6.61 Å². The number of nitriles is 1. The topological polar surface area (TPSA) is 93.2 Å². The van der Waals surface area contributed by atoms with Crippen molar-refractivity contribution in [3.63, 3.8) is 0 Å². The maximum atomic E-state index is 13.6. The van der Waals surface area contributed by atoms with Crippen LogP contribution in [0.2, 0.25) is 0 Å². The van der Waals surface area contributed by atoms with E-state index in [0.29, 0.717) is 0 Å². The minimum absolute atomic E-state index is 0.0604. The van der Waals surface area contributed by atoms with Crippen molar-refractivity contribution in [3.8, 4) is 6.07 Å². The maximum Gasteiger partial charge on any atom is 0.323 e. The first kappa shape index (κ1) is 14.6. The van der Waals surface area contributed by atoms with Crippen LogP contribution in [0.25, 0.3) is 0 Å². The van der Waals surface area contributed by atoms with Crippen molar-refractivity contribution in [2.45, 2.75) is 13.3 Å². The van der Waals surface area contributed by atoms with Crippen molar-refractivity contribution < 1.29 is 18.8 Å². The molecular weight excluding hydrogens is 255 g/mol. The number of esters is 1. The summed E-state index contributed by atoms with van der Waals surface area (Å²) in [5.74, 6) is -2.68. The van der Waals surface area contributed by atoms with Gasteiger partial charge in [-0.05, 0) is 18.6 Å². The third-order valence-corrected chi connectivity index (χ3v) is 2.40. The highest BCUT2D eigenvalue weighted by atomic mass is 19.1. The summed E-state index contributed by atoms with van der Waals surface area (Å²) in [4.78, 5) is 21.1. The number of halogens is 1. The van der Waals surface area contributed by atoms with Gasteiger partial charge in [0, 0.05) is 12.5 Å². The number of nitro benzene ring substituents is 1. The van der Waals surface area contributed by atoms with E-state index < -0.39 is 22.6 Å². The molecule has 0 saturated heterocycles. The summed E-state index contributed by atoms with van der Waals surface area (Å²) in [5.41, 5.74) is -0.323. The maximum absolute atomic E-state index is 13.6. The van der Waals surface area contributed by atoms with E-state index in [1.54, 1.807) is 13.0 Å². The zero-order valence-corrected chi connectivity index (χ0v) is 10.1. The first-order valence-electron chi connectivity index (χ1n) is 5.48. The summed E-state index contributed by atoms with van der Waals surface area (Å²) >= 11 is 0. The third kappa shape index (κ3) is 3.74. The van der Waals surface area contributed by atoms with Gasteiger partial charge in [-0.25, -0.2) is 4.39 Å². The van der Waals surface area contributed by atoms with E-state index in [-0.39, 0.29) is 24.3 Å². The summed E-state index contributed by atoms with van der Waals surface area (Å²) in [7, 11) is 0. The van der Waals surface area contributed by atoms with Crippen LogP contribution in [-0.4, -0.2) is 17.5 Å². The predicted octanol–water partition coefficient (Wildman–Crippen LogP) is 1.98. The number of nitrogens with zero attached hydrogens (tertiary/aromatic N) is 2. The molecule has 6 nitrogen and oxygen atoms in total. The number of hydrogen-bond donors (Lipinski definition) is 0. The van der Waals surface area contributed by atoms with Crippen LogP contribution in [0.1, 0.15) is 12.5 Å². The molecule has 0 saturated carbocycles. The molecule has 1 unspecified atom stereocenters. The van der Waals surface area contributed by atoms with E-state index in [1.807, 2.05) is 0 Å². The predicted molar refractivity (Wildman–Crippen MR) is 62.5 cm³/mol. The van der Waals surface area contributed by atoms with Gasteiger partial charge in [-0.3, -0.25) is 14.9 Å². The molecule has 0 bridgehead atoms. The summed E-state index contributed by atoms with van der Waals surface area (Å²) < 4.78 is 18.3. The lowest BCUT2D eigenvalue weighted by atomic mass is 10.00. The van der Waals surface area contributed by atoms with Crippen molar-refractivity contribution in [2.24, 2.45) is 5.92 Å². The fraction of sp³-hybridized carbons (Fsp3) is 0.333. The second-order valence-corrected chi connectivity index (χ2v) is 3.67. The smallest absolute Gasteiger partial charge is 0.323 e. The second kappa shape index (κ2) is 6.44. The molecule has 0 aliphatic rings. The largest absolute Gasteiger partial charge is 0.465 e. The molecule has 0 aromatic heterocycles. The SMILES string of the molecule is CCOC(=O)C(C#N)Cc1ccc([N+](=O)[O-])cc1F. The number of carbonyl (C=O) groups excluding carboxylic acids is 1. The number of non-ortho nitro benzene ring substituents is 1. The van der Waals surface area contributed by atoms with Gasteiger partial charge in [0.25, 0.3) is 5.69 Å².